The maximum Gasteiger partial charge on any atom is 0.163 e. The molecule has 28 heavy (non-hydrogen) atoms. The van der Waals surface area contributed by atoms with E-state index in [2.05, 4.69) is 53.2 Å². The van der Waals surface area contributed by atoms with Crippen molar-refractivity contribution in [3.8, 4) is 0 Å². The summed E-state index contributed by atoms with van der Waals surface area (Å²) >= 11 is 3.74. The standard InChI is InChI=1S/C20H19BrO.C5H6O/c1-2-12-7-10-18(22)20-15(12)8-9-16-14-6-4-3-5-13(14)11-17(21)19(16)20;1-2-4-6-5-3-1/h5-6,8-9,11-12H,2-4,7,10H2,1H3;1-4H,5H2. The Morgan fingerprint density at radius 3 is 2.71 bits per heavy atom. The Kier molecular flexibility index (Phi) is 5.82. The Hall–Kier alpha value is -2.13. The van der Waals surface area contributed by atoms with Gasteiger partial charge in [0.1, 0.15) is 6.61 Å². The van der Waals surface area contributed by atoms with Gasteiger partial charge in [-0.05, 0) is 71.2 Å². The maximum atomic E-state index is 12.6. The summed E-state index contributed by atoms with van der Waals surface area (Å²) in [4.78, 5) is 12.6. The van der Waals surface area contributed by atoms with Gasteiger partial charge >= 0.3 is 0 Å². The number of rotatable bonds is 1. The minimum atomic E-state index is 0.311. The highest BCUT2D eigenvalue weighted by Gasteiger charge is 2.27. The summed E-state index contributed by atoms with van der Waals surface area (Å²) in [5.41, 5.74) is 2.23. The van der Waals surface area contributed by atoms with Crippen molar-refractivity contribution < 1.29 is 9.53 Å². The Bertz CT molecular complexity index is 1080. The number of ether oxygens (including phenoxy) is 1. The third kappa shape index (κ3) is 3.60. The Balaban J connectivity index is 0.000000275. The second kappa shape index (κ2) is 8.48. The normalized spacial score (nSPS) is 19.5. The van der Waals surface area contributed by atoms with Crippen molar-refractivity contribution in [3.05, 3.63) is 68.7 Å². The molecule has 1 aliphatic heterocycles. The van der Waals surface area contributed by atoms with Crippen LogP contribution < -0.4 is 10.4 Å². The first-order valence-electron chi connectivity index (χ1n) is 10.1. The molecule has 2 nitrogen and oxygen atoms in total. The van der Waals surface area contributed by atoms with E-state index in [-0.39, 0.29) is 0 Å². The van der Waals surface area contributed by atoms with Crippen LogP contribution in [0.4, 0.5) is 0 Å². The molecule has 0 saturated heterocycles. The van der Waals surface area contributed by atoms with Crippen molar-refractivity contribution in [2.75, 3.05) is 6.61 Å². The fourth-order valence-electron chi connectivity index (χ4n) is 4.39. The van der Waals surface area contributed by atoms with Gasteiger partial charge in [0.25, 0.3) is 0 Å². The number of carbonyl (C=O) groups excluding carboxylic acids is 1. The van der Waals surface area contributed by atoms with Gasteiger partial charge in [-0.1, -0.05) is 53.2 Å². The summed E-state index contributed by atoms with van der Waals surface area (Å²) in [5, 5.41) is 4.95. The van der Waals surface area contributed by atoms with Gasteiger partial charge < -0.3 is 4.74 Å². The molecule has 2 aliphatic carbocycles. The van der Waals surface area contributed by atoms with Crippen LogP contribution in [0.25, 0.3) is 22.9 Å². The second-order valence-electron chi connectivity index (χ2n) is 7.46. The molecular weight excluding hydrogens is 412 g/mol. The fourth-order valence-corrected chi connectivity index (χ4v) is 5.05. The molecular formula is C25H25BrO2. The first kappa shape index (κ1) is 19.2. The predicted molar refractivity (Wildman–Crippen MR) is 120 cm³/mol. The van der Waals surface area contributed by atoms with Gasteiger partial charge in [0.2, 0.25) is 0 Å². The molecule has 0 saturated carbocycles. The third-order valence-electron chi connectivity index (χ3n) is 5.78. The molecule has 0 amide bonds. The van der Waals surface area contributed by atoms with E-state index in [0.29, 0.717) is 18.1 Å². The smallest absolute Gasteiger partial charge is 0.163 e. The van der Waals surface area contributed by atoms with Crippen molar-refractivity contribution in [2.24, 2.45) is 0 Å². The van der Waals surface area contributed by atoms with Crippen molar-refractivity contribution in [2.45, 2.75) is 44.9 Å². The molecule has 0 aromatic heterocycles. The zero-order valence-electron chi connectivity index (χ0n) is 16.2. The van der Waals surface area contributed by atoms with E-state index in [0.717, 1.165) is 47.7 Å². The molecule has 1 heterocycles. The van der Waals surface area contributed by atoms with Gasteiger partial charge in [0.05, 0.1) is 6.26 Å². The van der Waals surface area contributed by atoms with E-state index in [4.69, 9.17) is 4.74 Å². The molecule has 0 radical (unpaired) electrons. The van der Waals surface area contributed by atoms with E-state index in [9.17, 15) is 4.79 Å². The number of hydrogen-bond donors (Lipinski definition) is 0. The summed E-state index contributed by atoms with van der Waals surface area (Å²) in [7, 11) is 0. The van der Waals surface area contributed by atoms with Crippen LogP contribution in [0.3, 0.4) is 0 Å². The summed E-state index contributed by atoms with van der Waals surface area (Å²) in [6.45, 7) is 2.95. The van der Waals surface area contributed by atoms with Gasteiger partial charge in [-0.25, -0.2) is 0 Å². The summed E-state index contributed by atoms with van der Waals surface area (Å²) < 4.78 is 5.87. The predicted octanol–water partition coefficient (Wildman–Crippen LogP) is 5.51. The maximum absolute atomic E-state index is 12.6. The molecule has 0 fully saturated rings. The van der Waals surface area contributed by atoms with E-state index >= 15 is 0 Å². The number of fused-ring (bicyclic) bond motifs is 5. The molecule has 0 N–H and O–H groups in total. The van der Waals surface area contributed by atoms with Crippen molar-refractivity contribution in [1.82, 2.24) is 0 Å². The average Bonchev–Trinajstić information content (AvgIpc) is 2.75. The summed E-state index contributed by atoms with van der Waals surface area (Å²) in [6.07, 6.45) is 17.1. The molecule has 5 rings (SSSR count). The zero-order valence-corrected chi connectivity index (χ0v) is 17.8. The van der Waals surface area contributed by atoms with Crippen LogP contribution in [-0.4, -0.2) is 12.4 Å². The number of halogens is 1. The molecule has 144 valence electrons. The third-order valence-corrected chi connectivity index (χ3v) is 6.41. The molecule has 3 aliphatic rings. The number of ketones is 1. The molecule has 2 aromatic rings. The van der Waals surface area contributed by atoms with Crippen LogP contribution in [0.5, 0.6) is 0 Å². The van der Waals surface area contributed by atoms with Crippen LogP contribution in [0, 0.1) is 0 Å². The highest BCUT2D eigenvalue weighted by atomic mass is 79.9. The highest BCUT2D eigenvalue weighted by molar-refractivity contribution is 9.10. The lowest BCUT2D eigenvalue weighted by Crippen LogP contribution is -2.28. The number of allylic oxidation sites excluding steroid dienone is 2. The largest absolute Gasteiger partial charge is 0.497 e. The quantitative estimate of drug-likeness (QED) is 0.588. The van der Waals surface area contributed by atoms with Crippen LogP contribution >= 0.6 is 15.9 Å². The van der Waals surface area contributed by atoms with E-state index in [1.54, 1.807) is 6.26 Å². The van der Waals surface area contributed by atoms with Gasteiger partial charge in [-0.3, -0.25) is 4.79 Å². The monoisotopic (exact) mass is 436 g/mol. The second-order valence-corrected chi connectivity index (χ2v) is 8.31. The lowest BCUT2D eigenvalue weighted by atomic mass is 9.78. The van der Waals surface area contributed by atoms with E-state index < -0.39 is 0 Å². The highest BCUT2D eigenvalue weighted by Crippen LogP contribution is 2.38. The zero-order chi connectivity index (χ0) is 19.5. The number of Topliss-reactive ketones (excluding diaryl/α,β-unsaturated/α-hetero) is 1. The lowest BCUT2D eigenvalue weighted by molar-refractivity contribution is 0.0968. The Labute approximate surface area is 174 Å². The minimum Gasteiger partial charge on any atom is -0.497 e. The molecule has 3 heteroatoms. The van der Waals surface area contributed by atoms with Gasteiger partial charge in [0, 0.05) is 21.8 Å². The number of hydrogen-bond acceptors (Lipinski definition) is 2. The average molecular weight is 437 g/mol. The SMILES string of the molecule is C1=CCOC=C1.CCC1CCC(=O)c2c1ccc1c3c(cc(Br)c21)=CCCC=3. The van der Waals surface area contributed by atoms with Crippen LogP contribution in [-0.2, 0) is 4.74 Å². The summed E-state index contributed by atoms with van der Waals surface area (Å²) in [5.74, 6) is 0.835. The van der Waals surface area contributed by atoms with Crippen LogP contribution in [0.2, 0.25) is 0 Å². The lowest BCUT2D eigenvalue weighted by Gasteiger charge is -2.25. The molecule has 1 atom stereocenters. The topological polar surface area (TPSA) is 26.3 Å². The minimum absolute atomic E-state index is 0.311. The van der Waals surface area contributed by atoms with E-state index in [1.807, 2.05) is 18.2 Å². The van der Waals surface area contributed by atoms with Gasteiger partial charge in [0.15, 0.2) is 5.78 Å². The molecule has 0 spiro atoms. The Morgan fingerprint density at radius 2 is 2.04 bits per heavy atom. The first-order valence-corrected chi connectivity index (χ1v) is 10.9. The van der Waals surface area contributed by atoms with Crippen molar-refractivity contribution in [3.63, 3.8) is 0 Å². The molecule has 0 bridgehead atoms. The molecule has 2 aromatic carbocycles. The fraction of sp³-hybridized carbons (Fsp3) is 0.320. The van der Waals surface area contributed by atoms with Gasteiger partial charge in [-0.2, -0.15) is 0 Å². The van der Waals surface area contributed by atoms with Crippen LogP contribution in [0.15, 0.2) is 47.2 Å². The van der Waals surface area contributed by atoms with Crippen molar-refractivity contribution in [1.29, 1.82) is 0 Å². The van der Waals surface area contributed by atoms with Crippen molar-refractivity contribution >= 4 is 44.6 Å². The van der Waals surface area contributed by atoms with Gasteiger partial charge in [-0.15, -0.1) is 0 Å². The Morgan fingerprint density at radius 1 is 1.18 bits per heavy atom. The number of benzene rings is 2. The van der Waals surface area contributed by atoms with Crippen LogP contribution in [0.1, 0.15) is 60.9 Å². The van der Waals surface area contributed by atoms with E-state index in [1.165, 1.54) is 21.4 Å². The number of carbonyl (C=O) groups is 1. The molecule has 1 unspecified atom stereocenters. The first-order chi connectivity index (χ1) is 13.7. The summed E-state index contributed by atoms with van der Waals surface area (Å²) in [6, 6.07) is 6.63.